The first-order valence-electron chi connectivity index (χ1n) is 10.6. The summed E-state index contributed by atoms with van der Waals surface area (Å²) in [7, 11) is 1.93. The highest BCUT2D eigenvalue weighted by Gasteiger charge is 2.38. The van der Waals surface area contributed by atoms with Gasteiger partial charge in [0, 0.05) is 36.6 Å². The van der Waals surface area contributed by atoms with E-state index in [0.717, 1.165) is 48.8 Å². The van der Waals surface area contributed by atoms with Crippen molar-refractivity contribution in [1.82, 2.24) is 19.7 Å². The number of aryl methyl sites for hydroxylation is 2. The molecule has 2 heterocycles. The highest BCUT2D eigenvalue weighted by atomic mass is 35.5. The van der Waals surface area contributed by atoms with Crippen LogP contribution in [0.25, 0.3) is 0 Å². The van der Waals surface area contributed by atoms with Crippen LogP contribution >= 0.6 is 11.6 Å². The van der Waals surface area contributed by atoms with E-state index in [2.05, 4.69) is 15.0 Å². The van der Waals surface area contributed by atoms with Crippen LogP contribution in [0.4, 0.5) is 0 Å². The number of hydrogen-bond donors (Lipinski definition) is 1. The summed E-state index contributed by atoms with van der Waals surface area (Å²) in [6, 6.07) is 8.40. The van der Waals surface area contributed by atoms with Gasteiger partial charge in [-0.25, -0.2) is 9.78 Å². The number of carboxylic acids is 1. The highest BCUT2D eigenvalue weighted by molar-refractivity contribution is 6.30. The Balaban J connectivity index is 1.45. The molecule has 2 fully saturated rings. The summed E-state index contributed by atoms with van der Waals surface area (Å²) in [5, 5.41) is 14.8. The van der Waals surface area contributed by atoms with Crippen LogP contribution in [0.5, 0.6) is 0 Å². The summed E-state index contributed by atoms with van der Waals surface area (Å²) in [5.41, 5.74) is 1.19. The predicted molar refractivity (Wildman–Crippen MR) is 114 cm³/mol. The Morgan fingerprint density at radius 1 is 1.23 bits per heavy atom. The van der Waals surface area contributed by atoms with Crippen LogP contribution in [0.15, 0.2) is 24.3 Å². The number of carboxylic acid groups (broad SMARTS) is 1. The molecule has 0 radical (unpaired) electrons. The maximum absolute atomic E-state index is 11.6. The van der Waals surface area contributed by atoms with E-state index >= 15 is 0 Å². The van der Waals surface area contributed by atoms with E-state index in [1.807, 2.05) is 42.9 Å². The number of nitrogens with zero attached hydrogens (tertiary/aromatic N) is 4. The third kappa shape index (κ3) is 4.68. The Bertz CT molecular complexity index is 858. The normalized spacial score (nSPS) is 27.8. The molecule has 0 spiro atoms. The zero-order valence-corrected chi connectivity index (χ0v) is 18.3. The van der Waals surface area contributed by atoms with E-state index in [9.17, 15) is 9.90 Å². The molecule has 0 bridgehead atoms. The summed E-state index contributed by atoms with van der Waals surface area (Å²) < 4.78 is 7.52. The molecular formula is C22H29ClN4O3. The number of hydrogen-bond acceptors (Lipinski definition) is 5. The van der Waals surface area contributed by atoms with Crippen molar-refractivity contribution in [2.45, 2.75) is 63.1 Å². The van der Waals surface area contributed by atoms with Crippen molar-refractivity contribution in [3.8, 4) is 0 Å². The summed E-state index contributed by atoms with van der Waals surface area (Å²) in [6.07, 6.45) is 4.15. The second-order valence-electron chi connectivity index (χ2n) is 8.49. The largest absolute Gasteiger partial charge is 0.479 e. The smallest absolute Gasteiger partial charge is 0.334 e. The van der Waals surface area contributed by atoms with Crippen LogP contribution in [0.2, 0.25) is 5.02 Å². The summed E-state index contributed by atoms with van der Waals surface area (Å²) in [4.78, 5) is 18.6. The SMILES string of the molecule is Cc1nc(C2CCC(N3CC(C(=O)O)OCC3Cc3ccc(Cl)cc3)CC2)nn1C. The van der Waals surface area contributed by atoms with Crippen molar-refractivity contribution in [1.29, 1.82) is 0 Å². The van der Waals surface area contributed by atoms with Gasteiger partial charge in [0.1, 0.15) is 5.82 Å². The lowest BCUT2D eigenvalue weighted by atomic mass is 9.83. The topological polar surface area (TPSA) is 80.5 Å². The molecule has 30 heavy (non-hydrogen) atoms. The number of aliphatic carboxylic acids is 1. The van der Waals surface area contributed by atoms with E-state index in [-0.39, 0.29) is 6.04 Å². The number of morpholine rings is 1. The number of ether oxygens (including phenoxy) is 1. The van der Waals surface area contributed by atoms with Crippen LogP contribution in [-0.2, 0) is 23.0 Å². The van der Waals surface area contributed by atoms with Gasteiger partial charge >= 0.3 is 5.97 Å². The van der Waals surface area contributed by atoms with Crippen molar-refractivity contribution in [2.24, 2.45) is 7.05 Å². The first kappa shape index (κ1) is 21.3. The van der Waals surface area contributed by atoms with Crippen molar-refractivity contribution in [3.05, 3.63) is 46.5 Å². The molecule has 1 aromatic carbocycles. The fourth-order valence-corrected chi connectivity index (χ4v) is 4.83. The van der Waals surface area contributed by atoms with Gasteiger partial charge in [-0.05, 0) is 56.7 Å². The van der Waals surface area contributed by atoms with Crippen molar-refractivity contribution in [2.75, 3.05) is 13.2 Å². The van der Waals surface area contributed by atoms with Gasteiger partial charge in [0.25, 0.3) is 0 Å². The van der Waals surface area contributed by atoms with Gasteiger partial charge in [-0.1, -0.05) is 23.7 Å². The third-order valence-electron chi connectivity index (χ3n) is 6.52. The van der Waals surface area contributed by atoms with Gasteiger partial charge < -0.3 is 9.84 Å². The standard InChI is InChI=1S/C22H29ClN4O3/c1-14-24-21(25-26(14)2)16-5-9-18(10-6-16)27-12-20(22(28)29)30-13-19(27)11-15-3-7-17(23)8-4-15/h3-4,7-8,16,18-20H,5-6,9-13H2,1-2H3,(H,28,29). The lowest BCUT2D eigenvalue weighted by Crippen LogP contribution is -2.57. The summed E-state index contributed by atoms with van der Waals surface area (Å²) in [6.45, 7) is 2.84. The van der Waals surface area contributed by atoms with Crippen LogP contribution in [0.1, 0.15) is 48.8 Å². The quantitative estimate of drug-likeness (QED) is 0.781. The zero-order valence-electron chi connectivity index (χ0n) is 17.5. The minimum Gasteiger partial charge on any atom is -0.479 e. The van der Waals surface area contributed by atoms with Crippen LogP contribution in [0.3, 0.4) is 0 Å². The Morgan fingerprint density at radius 3 is 2.53 bits per heavy atom. The van der Waals surface area contributed by atoms with Gasteiger partial charge in [0.15, 0.2) is 11.9 Å². The molecular weight excluding hydrogens is 404 g/mol. The Morgan fingerprint density at radius 2 is 1.93 bits per heavy atom. The molecule has 1 saturated heterocycles. The van der Waals surface area contributed by atoms with Crippen LogP contribution < -0.4 is 0 Å². The lowest BCUT2D eigenvalue weighted by Gasteiger charge is -2.45. The van der Waals surface area contributed by atoms with Crippen molar-refractivity contribution in [3.63, 3.8) is 0 Å². The molecule has 1 aliphatic carbocycles. The fourth-order valence-electron chi connectivity index (χ4n) is 4.71. The number of benzene rings is 1. The molecule has 8 heteroatoms. The Kier molecular flexibility index (Phi) is 6.41. The molecule has 2 aliphatic rings. The summed E-state index contributed by atoms with van der Waals surface area (Å²) in [5.74, 6) is 1.38. The van der Waals surface area contributed by atoms with Gasteiger partial charge in [-0.15, -0.1) is 0 Å². The molecule has 1 aliphatic heterocycles. The van der Waals surface area contributed by atoms with Gasteiger partial charge in [-0.3, -0.25) is 9.58 Å². The molecule has 0 amide bonds. The first-order valence-corrected chi connectivity index (χ1v) is 11.0. The van der Waals surface area contributed by atoms with Gasteiger partial charge in [0.05, 0.1) is 6.61 Å². The van der Waals surface area contributed by atoms with E-state index < -0.39 is 12.1 Å². The molecule has 1 saturated carbocycles. The van der Waals surface area contributed by atoms with Gasteiger partial charge in [0.2, 0.25) is 0 Å². The van der Waals surface area contributed by atoms with Crippen molar-refractivity contribution >= 4 is 17.6 Å². The van der Waals surface area contributed by atoms with E-state index in [1.54, 1.807) is 0 Å². The van der Waals surface area contributed by atoms with Gasteiger partial charge in [-0.2, -0.15) is 5.10 Å². The summed E-state index contributed by atoms with van der Waals surface area (Å²) >= 11 is 6.02. The number of rotatable bonds is 5. The third-order valence-corrected chi connectivity index (χ3v) is 6.78. The number of carbonyl (C=O) groups is 1. The Labute approximate surface area is 182 Å². The number of aromatic nitrogens is 3. The van der Waals surface area contributed by atoms with Crippen LogP contribution in [-0.4, -0.2) is 62.1 Å². The Hall–Kier alpha value is -1.96. The minimum atomic E-state index is -0.883. The second kappa shape index (κ2) is 9.04. The van der Waals surface area contributed by atoms with E-state index in [1.165, 1.54) is 5.56 Å². The highest BCUT2D eigenvalue weighted by Crippen LogP contribution is 2.35. The van der Waals surface area contributed by atoms with E-state index in [0.29, 0.717) is 25.1 Å². The molecule has 1 aromatic heterocycles. The second-order valence-corrected chi connectivity index (χ2v) is 8.92. The first-order chi connectivity index (χ1) is 14.4. The number of halogens is 1. The molecule has 2 atom stereocenters. The molecule has 2 aromatic rings. The monoisotopic (exact) mass is 432 g/mol. The molecule has 4 rings (SSSR count). The molecule has 162 valence electrons. The van der Waals surface area contributed by atoms with Crippen LogP contribution in [0, 0.1) is 6.92 Å². The average molecular weight is 433 g/mol. The predicted octanol–water partition coefficient (Wildman–Crippen LogP) is 3.20. The molecule has 7 nitrogen and oxygen atoms in total. The zero-order chi connectivity index (χ0) is 21.3. The molecule has 2 unspecified atom stereocenters. The minimum absolute atomic E-state index is 0.165. The maximum atomic E-state index is 11.6. The molecule has 1 N–H and O–H groups in total. The average Bonchev–Trinajstić information content (AvgIpc) is 3.08. The maximum Gasteiger partial charge on any atom is 0.334 e. The lowest BCUT2D eigenvalue weighted by molar-refractivity contribution is -0.162. The van der Waals surface area contributed by atoms with Crippen molar-refractivity contribution < 1.29 is 14.6 Å². The van der Waals surface area contributed by atoms with E-state index in [4.69, 9.17) is 16.3 Å². The fraction of sp³-hybridized carbons (Fsp3) is 0.591.